The average Bonchev–Trinajstić information content (AvgIpc) is 3.12. The Morgan fingerprint density at radius 3 is 2.66 bits per heavy atom. The Kier molecular flexibility index (Phi) is 4.94. The first-order valence-electron chi connectivity index (χ1n) is 8.90. The molecular formula is C21H17FN4O2S. The van der Waals surface area contributed by atoms with Gasteiger partial charge in [-0.05, 0) is 43.1 Å². The summed E-state index contributed by atoms with van der Waals surface area (Å²) < 4.78 is 19.6. The van der Waals surface area contributed by atoms with Crippen molar-refractivity contribution in [3.05, 3.63) is 76.1 Å². The third kappa shape index (κ3) is 3.79. The van der Waals surface area contributed by atoms with Crippen LogP contribution in [-0.4, -0.2) is 19.8 Å². The number of hydrogen-bond donors (Lipinski definition) is 1. The summed E-state index contributed by atoms with van der Waals surface area (Å²) in [6.45, 7) is 3.41. The SMILES string of the molecule is Cc1ccc(-c2nsc3c(=O)n(CC(=O)Nc4ccc(C)c(F)c4)cnc23)cc1. The lowest BCUT2D eigenvalue weighted by molar-refractivity contribution is -0.116. The van der Waals surface area contributed by atoms with E-state index in [0.717, 1.165) is 22.7 Å². The molecule has 4 rings (SSSR count). The molecule has 0 aliphatic heterocycles. The topological polar surface area (TPSA) is 76.9 Å². The average molecular weight is 408 g/mol. The number of nitrogens with zero attached hydrogens (tertiary/aromatic N) is 3. The Morgan fingerprint density at radius 1 is 1.17 bits per heavy atom. The largest absolute Gasteiger partial charge is 0.324 e. The smallest absolute Gasteiger partial charge is 0.273 e. The van der Waals surface area contributed by atoms with Gasteiger partial charge in [0, 0.05) is 11.3 Å². The highest BCUT2D eigenvalue weighted by Gasteiger charge is 2.15. The van der Waals surface area contributed by atoms with E-state index in [9.17, 15) is 14.0 Å². The second-order valence-corrected chi connectivity index (χ2v) is 7.54. The fourth-order valence-electron chi connectivity index (χ4n) is 2.90. The third-order valence-electron chi connectivity index (χ3n) is 4.54. The monoisotopic (exact) mass is 408 g/mol. The van der Waals surface area contributed by atoms with Crippen LogP contribution in [0.25, 0.3) is 21.5 Å². The minimum Gasteiger partial charge on any atom is -0.324 e. The first kappa shape index (κ1) is 18.9. The molecular weight excluding hydrogens is 391 g/mol. The summed E-state index contributed by atoms with van der Waals surface area (Å²) in [5.74, 6) is -0.851. The first-order valence-corrected chi connectivity index (χ1v) is 9.67. The molecule has 0 aliphatic carbocycles. The van der Waals surface area contributed by atoms with Gasteiger partial charge in [0.05, 0.1) is 6.33 Å². The van der Waals surface area contributed by atoms with Gasteiger partial charge in [-0.2, -0.15) is 4.37 Å². The van der Waals surface area contributed by atoms with Gasteiger partial charge in [-0.25, -0.2) is 9.37 Å². The predicted molar refractivity (Wildman–Crippen MR) is 112 cm³/mol. The minimum atomic E-state index is -0.445. The first-order chi connectivity index (χ1) is 13.9. The Hall–Kier alpha value is -3.39. The molecule has 2 aromatic carbocycles. The number of fused-ring (bicyclic) bond motifs is 1. The highest BCUT2D eigenvalue weighted by Crippen LogP contribution is 2.27. The van der Waals surface area contributed by atoms with Crippen LogP contribution < -0.4 is 10.9 Å². The summed E-state index contributed by atoms with van der Waals surface area (Å²) in [5.41, 5.74) is 3.66. The van der Waals surface area contributed by atoms with Gasteiger partial charge in [0.15, 0.2) is 0 Å². The second-order valence-electron chi connectivity index (χ2n) is 6.76. The third-order valence-corrected chi connectivity index (χ3v) is 5.37. The van der Waals surface area contributed by atoms with Gasteiger partial charge in [0.25, 0.3) is 5.56 Å². The summed E-state index contributed by atoms with van der Waals surface area (Å²) in [6, 6.07) is 12.2. The molecule has 2 heterocycles. The zero-order chi connectivity index (χ0) is 20.5. The standard InChI is InChI=1S/C21H17FN4O2S/c1-12-3-6-14(7-4-12)18-19-20(29-25-18)21(28)26(11-23-19)10-17(27)24-15-8-5-13(2)16(22)9-15/h3-9,11H,10H2,1-2H3,(H,24,27). The fraction of sp³-hybridized carbons (Fsp3) is 0.143. The van der Waals surface area contributed by atoms with Crippen LogP contribution in [0, 0.1) is 19.7 Å². The van der Waals surface area contributed by atoms with Gasteiger partial charge in [-0.1, -0.05) is 35.9 Å². The molecule has 0 spiro atoms. The zero-order valence-electron chi connectivity index (χ0n) is 15.8. The van der Waals surface area contributed by atoms with Crippen molar-refractivity contribution in [1.29, 1.82) is 0 Å². The molecule has 0 saturated carbocycles. The Labute approximate surface area is 169 Å². The number of benzene rings is 2. The van der Waals surface area contributed by atoms with Gasteiger partial charge in [-0.15, -0.1) is 0 Å². The van der Waals surface area contributed by atoms with Gasteiger partial charge in [-0.3, -0.25) is 14.2 Å². The molecule has 1 N–H and O–H groups in total. The summed E-state index contributed by atoms with van der Waals surface area (Å²) in [4.78, 5) is 29.4. The van der Waals surface area contributed by atoms with Crippen molar-refractivity contribution >= 4 is 33.3 Å². The maximum atomic E-state index is 13.6. The van der Waals surface area contributed by atoms with Crippen LogP contribution in [-0.2, 0) is 11.3 Å². The number of aromatic nitrogens is 3. The number of carbonyl (C=O) groups is 1. The van der Waals surface area contributed by atoms with Crippen molar-refractivity contribution in [2.45, 2.75) is 20.4 Å². The van der Waals surface area contributed by atoms with Gasteiger partial charge >= 0.3 is 0 Å². The number of hydrogen-bond acceptors (Lipinski definition) is 5. The summed E-state index contributed by atoms with van der Waals surface area (Å²) in [5, 5.41) is 2.59. The van der Waals surface area contributed by atoms with Crippen LogP contribution >= 0.6 is 11.5 Å². The van der Waals surface area contributed by atoms with E-state index in [-0.39, 0.29) is 12.1 Å². The summed E-state index contributed by atoms with van der Waals surface area (Å²) in [7, 11) is 0. The molecule has 1 amide bonds. The van der Waals surface area contributed by atoms with Crippen molar-refractivity contribution in [3.63, 3.8) is 0 Å². The van der Waals surface area contributed by atoms with Crippen LogP contribution in [0.1, 0.15) is 11.1 Å². The normalized spacial score (nSPS) is 11.0. The maximum absolute atomic E-state index is 13.6. The highest BCUT2D eigenvalue weighted by molar-refractivity contribution is 7.13. The van der Waals surface area contributed by atoms with E-state index < -0.39 is 11.7 Å². The molecule has 6 nitrogen and oxygen atoms in total. The highest BCUT2D eigenvalue weighted by atomic mass is 32.1. The van der Waals surface area contributed by atoms with E-state index in [2.05, 4.69) is 14.7 Å². The molecule has 0 fully saturated rings. The Balaban J connectivity index is 1.59. The lowest BCUT2D eigenvalue weighted by Gasteiger charge is -2.08. The van der Waals surface area contributed by atoms with E-state index in [1.54, 1.807) is 19.1 Å². The van der Waals surface area contributed by atoms with Crippen LogP contribution in [0.15, 0.2) is 53.6 Å². The molecule has 4 aromatic rings. The number of halogens is 1. The van der Waals surface area contributed by atoms with E-state index >= 15 is 0 Å². The van der Waals surface area contributed by atoms with Crippen molar-refractivity contribution < 1.29 is 9.18 Å². The fourth-order valence-corrected chi connectivity index (χ4v) is 3.70. The van der Waals surface area contributed by atoms with Gasteiger partial charge in [0.1, 0.15) is 28.3 Å². The Bertz CT molecular complexity index is 1280. The van der Waals surface area contributed by atoms with Crippen molar-refractivity contribution in [2.24, 2.45) is 0 Å². The van der Waals surface area contributed by atoms with Crippen LogP contribution in [0.2, 0.25) is 0 Å². The summed E-state index contributed by atoms with van der Waals surface area (Å²) in [6.07, 6.45) is 1.34. The number of anilines is 1. The molecule has 0 atom stereocenters. The second kappa shape index (κ2) is 7.56. The lowest BCUT2D eigenvalue weighted by atomic mass is 10.1. The molecule has 0 bridgehead atoms. The minimum absolute atomic E-state index is 0.227. The van der Waals surface area contributed by atoms with Crippen LogP contribution in [0.4, 0.5) is 10.1 Å². The molecule has 0 aliphatic rings. The van der Waals surface area contributed by atoms with Crippen LogP contribution in [0.5, 0.6) is 0 Å². The number of nitrogens with one attached hydrogen (secondary N) is 1. The lowest BCUT2D eigenvalue weighted by Crippen LogP contribution is -2.27. The Morgan fingerprint density at radius 2 is 1.93 bits per heavy atom. The van der Waals surface area contributed by atoms with Crippen molar-refractivity contribution in [3.8, 4) is 11.3 Å². The van der Waals surface area contributed by atoms with E-state index in [1.165, 1.54) is 17.0 Å². The number of carbonyl (C=O) groups excluding carboxylic acids is 1. The van der Waals surface area contributed by atoms with Crippen molar-refractivity contribution in [1.82, 2.24) is 13.9 Å². The van der Waals surface area contributed by atoms with E-state index in [4.69, 9.17) is 0 Å². The maximum Gasteiger partial charge on any atom is 0.273 e. The van der Waals surface area contributed by atoms with Crippen LogP contribution in [0.3, 0.4) is 0 Å². The van der Waals surface area contributed by atoms with Crippen molar-refractivity contribution in [2.75, 3.05) is 5.32 Å². The summed E-state index contributed by atoms with van der Waals surface area (Å²) >= 11 is 1.06. The number of aryl methyl sites for hydroxylation is 2. The molecule has 2 aromatic heterocycles. The molecule has 0 saturated heterocycles. The van der Waals surface area contributed by atoms with E-state index in [1.807, 2.05) is 31.2 Å². The zero-order valence-corrected chi connectivity index (χ0v) is 16.6. The molecule has 0 radical (unpaired) electrons. The quantitative estimate of drug-likeness (QED) is 0.555. The van der Waals surface area contributed by atoms with E-state index in [0.29, 0.717) is 27.2 Å². The van der Waals surface area contributed by atoms with Gasteiger partial charge < -0.3 is 5.32 Å². The molecule has 8 heteroatoms. The molecule has 0 unspecified atom stereocenters. The predicted octanol–water partition coefficient (Wildman–Crippen LogP) is 3.91. The molecule has 29 heavy (non-hydrogen) atoms. The van der Waals surface area contributed by atoms with Gasteiger partial charge in [0.2, 0.25) is 5.91 Å². The number of amides is 1. The number of rotatable bonds is 4. The molecule has 146 valence electrons.